The van der Waals surface area contributed by atoms with Crippen LogP contribution in [0, 0.1) is 11.3 Å². The summed E-state index contributed by atoms with van der Waals surface area (Å²) in [4.78, 5) is 31.4. The van der Waals surface area contributed by atoms with Gasteiger partial charge in [0, 0.05) is 32.6 Å². The number of hydrogen-bond acceptors (Lipinski definition) is 5. The second kappa shape index (κ2) is 11.7. The summed E-state index contributed by atoms with van der Waals surface area (Å²) < 4.78 is 0. The minimum atomic E-state index is -0.850. The monoisotopic (exact) mass is 502 g/mol. The Hall–Kier alpha value is -2.14. The molecule has 0 radical (unpaired) electrons. The molecule has 1 aromatic rings. The van der Waals surface area contributed by atoms with E-state index in [2.05, 4.69) is 23.2 Å². The SMILES string of the molecule is CCCCN1C(=O)[C@@H](CC2(O)CCCCC2)NC(=O)C12CCN(Cc1ccc(C#N)cc1)CC2.Cl. The van der Waals surface area contributed by atoms with Gasteiger partial charge in [0.2, 0.25) is 11.8 Å². The van der Waals surface area contributed by atoms with Gasteiger partial charge in [-0.25, -0.2) is 0 Å². The summed E-state index contributed by atoms with van der Waals surface area (Å²) in [5, 5.41) is 23.1. The second-order valence-electron chi connectivity index (χ2n) is 10.5. The smallest absolute Gasteiger partial charge is 0.246 e. The van der Waals surface area contributed by atoms with Gasteiger partial charge in [0.25, 0.3) is 0 Å². The van der Waals surface area contributed by atoms with Crippen molar-refractivity contribution in [2.45, 2.75) is 94.9 Å². The van der Waals surface area contributed by atoms with Crippen molar-refractivity contribution in [3.63, 3.8) is 0 Å². The molecule has 1 saturated carbocycles. The molecule has 1 aromatic carbocycles. The first kappa shape index (κ1) is 27.4. The highest BCUT2D eigenvalue weighted by Crippen LogP contribution is 2.37. The Kier molecular flexibility index (Phi) is 9.20. The van der Waals surface area contributed by atoms with E-state index in [0.717, 1.165) is 57.3 Å². The molecule has 2 N–H and O–H groups in total. The topological polar surface area (TPSA) is 96.7 Å². The number of nitrogens with one attached hydrogen (secondary N) is 1. The first-order valence-electron chi connectivity index (χ1n) is 13.0. The average molecular weight is 503 g/mol. The zero-order valence-corrected chi connectivity index (χ0v) is 21.6. The second-order valence-corrected chi connectivity index (χ2v) is 10.5. The van der Waals surface area contributed by atoms with Crippen molar-refractivity contribution in [1.82, 2.24) is 15.1 Å². The van der Waals surface area contributed by atoms with E-state index in [1.165, 1.54) is 0 Å². The van der Waals surface area contributed by atoms with Crippen LogP contribution >= 0.6 is 12.4 Å². The largest absolute Gasteiger partial charge is 0.390 e. The number of carbonyl (C=O) groups excluding carboxylic acids is 2. The summed E-state index contributed by atoms with van der Waals surface area (Å²) in [6, 6.07) is 9.15. The predicted octanol–water partition coefficient (Wildman–Crippen LogP) is 3.53. The highest BCUT2D eigenvalue weighted by Gasteiger charge is 2.54. The minimum absolute atomic E-state index is 0. The maximum absolute atomic E-state index is 13.7. The van der Waals surface area contributed by atoms with E-state index in [9.17, 15) is 14.7 Å². The van der Waals surface area contributed by atoms with Gasteiger partial charge < -0.3 is 15.3 Å². The third-order valence-electron chi connectivity index (χ3n) is 8.08. The Balaban J connectivity index is 0.00000342. The highest BCUT2D eigenvalue weighted by molar-refractivity contribution is 6.00. The van der Waals surface area contributed by atoms with Crippen LogP contribution < -0.4 is 5.32 Å². The standard InChI is InChI=1S/C27H38N4O3.ClH/c1-2-3-15-31-24(32)23(18-26(34)11-5-4-6-12-26)29-25(33)27(31)13-16-30(17-14-27)20-22-9-7-21(19-28)8-10-22;/h7-10,23,34H,2-6,11-18,20H2,1H3,(H,29,33);1H/t23-;/m1./s1. The molecule has 3 fully saturated rings. The molecule has 3 aliphatic rings. The van der Waals surface area contributed by atoms with Gasteiger partial charge in [-0.2, -0.15) is 5.26 Å². The van der Waals surface area contributed by atoms with E-state index < -0.39 is 17.2 Å². The van der Waals surface area contributed by atoms with Crippen molar-refractivity contribution >= 4 is 24.2 Å². The Labute approximate surface area is 215 Å². The molecule has 7 nitrogen and oxygen atoms in total. The van der Waals surface area contributed by atoms with Gasteiger partial charge in [-0.05, 0) is 49.8 Å². The Bertz CT molecular complexity index is 915. The lowest BCUT2D eigenvalue weighted by Crippen LogP contribution is -2.73. The van der Waals surface area contributed by atoms with Crippen LogP contribution in [-0.4, -0.2) is 63.5 Å². The highest BCUT2D eigenvalue weighted by atomic mass is 35.5. The number of halogens is 1. The predicted molar refractivity (Wildman–Crippen MR) is 137 cm³/mol. The van der Waals surface area contributed by atoms with Crippen molar-refractivity contribution in [3.8, 4) is 6.07 Å². The number of benzene rings is 1. The summed E-state index contributed by atoms with van der Waals surface area (Å²) in [5.74, 6) is -0.0711. The molecule has 2 saturated heterocycles. The van der Waals surface area contributed by atoms with Crippen molar-refractivity contribution < 1.29 is 14.7 Å². The number of unbranched alkanes of at least 4 members (excludes halogenated alkanes) is 1. The molecule has 0 unspecified atom stereocenters. The fourth-order valence-electron chi connectivity index (χ4n) is 5.97. The number of nitrogens with zero attached hydrogens (tertiary/aromatic N) is 3. The maximum atomic E-state index is 13.7. The summed E-state index contributed by atoms with van der Waals surface area (Å²) in [5.41, 5.74) is 0.150. The lowest BCUT2D eigenvalue weighted by Gasteiger charge is -2.52. The summed E-state index contributed by atoms with van der Waals surface area (Å²) in [7, 11) is 0. The van der Waals surface area contributed by atoms with Crippen LogP contribution in [0.25, 0.3) is 0 Å². The quantitative estimate of drug-likeness (QED) is 0.594. The van der Waals surface area contributed by atoms with Crippen molar-refractivity contribution in [2.75, 3.05) is 19.6 Å². The molecule has 192 valence electrons. The maximum Gasteiger partial charge on any atom is 0.246 e. The first-order valence-corrected chi connectivity index (χ1v) is 13.0. The van der Waals surface area contributed by atoms with Crippen LogP contribution in [-0.2, 0) is 16.1 Å². The van der Waals surface area contributed by atoms with Crippen LogP contribution in [0.15, 0.2) is 24.3 Å². The summed E-state index contributed by atoms with van der Waals surface area (Å²) in [6.07, 6.45) is 7.86. The number of hydrogen-bond donors (Lipinski definition) is 2. The molecule has 0 bridgehead atoms. The molecule has 35 heavy (non-hydrogen) atoms. The van der Waals surface area contributed by atoms with Gasteiger partial charge in [-0.3, -0.25) is 14.5 Å². The third kappa shape index (κ3) is 5.99. The Morgan fingerprint density at radius 3 is 2.34 bits per heavy atom. The zero-order chi connectivity index (χ0) is 24.2. The average Bonchev–Trinajstić information content (AvgIpc) is 2.84. The van der Waals surface area contributed by atoms with Crippen LogP contribution in [0.5, 0.6) is 0 Å². The molecule has 2 heterocycles. The number of carbonyl (C=O) groups is 2. The van der Waals surface area contributed by atoms with E-state index >= 15 is 0 Å². The van der Waals surface area contributed by atoms with Crippen molar-refractivity contribution in [3.05, 3.63) is 35.4 Å². The van der Waals surface area contributed by atoms with Crippen LogP contribution in [0.2, 0.25) is 0 Å². The number of likely N-dealkylation sites (tertiary alicyclic amines) is 1. The number of rotatable bonds is 7. The molecule has 2 amide bonds. The molecule has 2 aliphatic heterocycles. The molecule has 4 rings (SSSR count). The summed E-state index contributed by atoms with van der Waals surface area (Å²) >= 11 is 0. The van der Waals surface area contributed by atoms with Gasteiger partial charge in [-0.15, -0.1) is 12.4 Å². The van der Waals surface area contributed by atoms with Crippen LogP contribution in [0.3, 0.4) is 0 Å². The zero-order valence-electron chi connectivity index (χ0n) is 20.8. The fourth-order valence-corrected chi connectivity index (χ4v) is 5.97. The Morgan fingerprint density at radius 2 is 1.74 bits per heavy atom. The Morgan fingerprint density at radius 1 is 1.09 bits per heavy atom. The number of aliphatic hydroxyl groups is 1. The lowest BCUT2D eigenvalue weighted by molar-refractivity contribution is -0.163. The minimum Gasteiger partial charge on any atom is -0.390 e. The molecule has 1 atom stereocenters. The van der Waals surface area contributed by atoms with E-state index in [0.29, 0.717) is 44.2 Å². The van der Waals surface area contributed by atoms with Crippen molar-refractivity contribution in [2.24, 2.45) is 0 Å². The summed E-state index contributed by atoms with van der Waals surface area (Å²) in [6.45, 7) is 4.93. The number of nitriles is 1. The molecule has 1 spiro atoms. The molecule has 8 heteroatoms. The molecule has 0 aromatic heterocycles. The number of piperidine rings is 1. The lowest BCUT2D eigenvalue weighted by atomic mass is 9.77. The van der Waals surface area contributed by atoms with Gasteiger partial charge in [0.15, 0.2) is 0 Å². The molecule has 1 aliphatic carbocycles. The van der Waals surface area contributed by atoms with Gasteiger partial charge in [-0.1, -0.05) is 44.7 Å². The molecular weight excluding hydrogens is 464 g/mol. The van der Waals surface area contributed by atoms with Gasteiger partial charge >= 0.3 is 0 Å². The van der Waals surface area contributed by atoms with Crippen LogP contribution in [0.4, 0.5) is 0 Å². The van der Waals surface area contributed by atoms with E-state index in [4.69, 9.17) is 5.26 Å². The van der Waals surface area contributed by atoms with E-state index in [1.807, 2.05) is 29.2 Å². The third-order valence-corrected chi connectivity index (χ3v) is 8.08. The fraction of sp³-hybridized carbons (Fsp3) is 0.667. The normalized spacial score (nSPS) is 23.9. The van der Waals surface area contributed by atoms with Gasteiger partial charge in [0.1, 0.15) is 11.6 Å². The number of amides is 2. The first-order chi connectivity index (χ1) is 16.4. The van der Waals surface area contributed by atoms with Crippen LogP contribution in [0.1, 0.15) is 82.3 Å². The van der Waals surface area contributed by atoms with E-state index in [-0.39, 0.29) is 24.2 Å². The van der Waals surface area contributed by atoms with Crippen molar-refractivity contribution in [1.29, 1.82) is 5.26 Å². The number of piperazine rings is 1. The van der Waals surface area contributed by atoms with E-state index in [1.54, 1.807) is 0 Å². The van der Waals surface area contributed by atoms with Gasteiger partial charge in [0.05, 0.1) is 17.2 Å². The molecular formula is C27H39ClN4O3.